The maximum Gasteiger partial charge on any atom is 0.494 e. The Morgan fingerprint density at radius 3 is 1.12 bits per heavy atom. The fourth-order valence-corrected chi connectivity index (χ4v) is 2.22. The van der Waals surface area contributed by atoms with Crippen LogP contribution in [0.4, 0.5) is 0 Å². The minimum Gasteiger partial charge on any atom is -0.405 e. The molecule has 0 N–H and O–H groups in total. The molecule has 0 unspecified atom stereocenters. The Kier molecular flexibility index (Phi) is 9.06. The highest BCUT2D eigenvalue weighted by Gasteiger charge is 2.28. The van der Waals surface area contributed by atoms with Gasteiger partial charge >= 0.3 is 14.2 Å². The zero-order valence-corrected chi connectivity index (χ0v) is 16.4. The third-order valence-corrected chi connectivity index (χ3v) is 3.04. The quantitative estimate of drug-likeness (QED) is 0.617. The van der Waals surface area contributed by atoms with Crippen LogP contribution >= 0.6 is 0 Å². The number of rotatable bonds is 10. The molecule has 0 atom stereocenters. The van der Waals surface area contributed by atoms with E-state index in [4.69, 9.17) is 18.6 Å². The van der Waals surface area contributed by atoms with Gasteiger partial charge in [0.2, 0.25) is 0 Å². The van der Waals surface area contributed by atoms with Crippen LogP contribution in [0.25, 0.3) is 0 Å². The molecular formula is C18H32B2O4. The van der Waals surface area contributed by atoms with E-state index in [1.54, 1.807) is 0 Å². The summed E-state index contributed by atoms with van der Waals surface area (Å²) in [5, 5.41) is 0. The van der Waals surface area contributed by atoms with Crippen LogP contribution in [0.15, 0.2) is 24.3 Å². The van der Waals surface area contributed by atoms with Crippen LogP contribution in [0, 0.1) is 0 Å². The maximum absolute atomic E-state index is 5.94. The van der Waals surface area contributed by atoms with Gasteiger partial charge in [0.15, 0.2) is 0 Å². The molecular weight excluding hydrogens is 302 g/mol. The summed E-state index contributed by atoms with van der Waals surface area (Å²) in [4.78, 5) is 0. The fourth-order valence-electron chi connectivity index (χ4n) is 2.22. The highest BCUT2D eigenvalue weighted by atomic mass is 16.6. The molecule has 0 spiro atoms. The van der Waals surface area contributed by atoms with Crippen LogP contribution in [0.5, 0.6) is 0 Å². The third-order valence-electron chi connectivity index (χ3n) is 3.04. The molecule has 0 heterocycles. The molecule has 0 fully saturated rings. The van der Waals surface area contributed by atoms with E-state index in [-0.39, 0.29) is 24.4 Å². The summed E-state index contributed by atoms with van der Waals surface area (Å²) in [5.74, 6) is 0. The molecule has 0 amide bonds. The number of hydrogen-bond donors (Lipinski definition) is 0. The van der Waals surface area contributed by atoms with Crippen LogP contribution in [0.2, 0.25) is 0 Å². The molecule has 0 saturated carbocycles. The van der Waals surface area contributed by atoms with Gasteiger partial charge in [0.25, 0.3) is 0 Å². The Hall–Kier alpha value is -0.810. The van der Waals surface area contributed by atoms with Gasteiger partial charge in [0.1, 0.15) is 0 Å². The SMILES string of the molecule is CC(C)OB(OC(C)C)c1cccc(B(OC(C)C)OC(C)C)c1. The zero-order valence-electron chi connectivity index (χ0n) is 16.4. The minimum absolute atomic E-state index is 0.0760. The Bertz CT molecular complexity index is 419. The molecule has 1 aromatic carbocycles. The summed E-state index contributed by atoms with van der Waals surface area (Å²) in [6.07, 6.45) is 0.304. The van der Waals surface area contributed by atoms with Crippen LogP contribution < -0.4 is 10.9 Å². The highest BCUT2D eigenvalue weighted by Crippen LogP contribution is 2.04. The molecule has 0 radical (unpaired) electrons. The highest BCUT2D eigenvalue weighted by molar-refractivity contribution is 6.65. The molecule has 24 heavy (non-hydrogen) atoms. The first-order valence-corrected chi connectivity index (χ1v) is 8.90. The van der Waals surface area contributed by atoms with Gasteiger partial charge in [0, 0.05) is 24.4 Å². The molecule has 6 heteroatoms. The zero-order chi connectivity index (χ0) is 18.3. The lowest BCUT2D eigenvalue weighted by Gasteiger charge is -2.22. The number of benzene rings is 1. The van der Waals surface area contributed by atoms with Crippen LogP contribution in [0.1, 0.15) is 55.4 Å². The lowest BCUT2D eigenvalue weighted by Crippen LogP contribution is -2.46. The molecule has 0 aliphatic heterocycles. The first-order valence-electron chi connectivity index (χ1n) is 8.90. The minimum atomic E-state index is -0.399. The lowest BCUT2D eigenvalue weighted by atomic mass is 9.71. The van der Waals surface area contributed by atoms with E-state index in [0.29, 0.717) is 0 Å². The van der Waals surface area contributed by atoms with E-state index in [0.717, 1.165) is 10.9 Å². The van der Waals surface area contributed by atoms with E-state index in [1.165, 1.54) is 0 Å². The van der Waals surface area contributed by atoms with Gasteiger partial charge in [-0.1, -0.05) is 24.3 Å². The first kappa shape index (κ1) is 21.2. The van der Waals surface area contributed by atoms with Gasteiger partial charge in [0.05, 0.1) is 0 Å². The Labute approximate surface area is 148 Å². The second-order valence-electron chi connectivity index (χ2n) is 7.07. The molecule has 0 aliphatic rings. The van der Waals surface area contributed by atoms with Crippen molar-refractivity contribution in [3.8, 4) is 0 Å². The van der Waals surface area contributed by atoms with Gasteiger partial charge in [-0.25, -0.2) is 0 Å². The van der Waals surface area contributed by atoms with Gasteiger partial charge < -0.3 is 18.6 Å². The van der Waals surface area contributed by atoms with Crippen molar-refractivity contribution in [1.29, 1.82) is 0 Å². The van der Waals surface area contributed by atoms with Gasteiger partial charge in [-0.05, 0) is 66.3 Å². The molecule has 4 nitrogen and oxygen atoms in total. The molecule has 134 valence electrons. The number of hydrogen-bond acceptors (Lipinski definition) is 4. The Morgan fingerprint density at radius 2 is 0.875 bits per heavy atom. The van der Waals surface area contributed by atoms with Crippen molar-refractivity contribution >= 4 is 25.2 Å². The molecule has 0 aliphatic carbocycles. The van der Waals surface area contributed by atoms with Gasteiger partial charge in [-0.15, -0.1) is 0 Å². The lowest BCUT2D eigenvalue weighted by molar-refractivity contribution is 0.139. The second-order valence-corrected chi connectivity index (χ2v) is 7.07. The summed E-state index contributed by atoms with van der Waals surface area (Å²) < 4.78 is 23.8. The van der Waals surface area contributed by atoms with Crippen molar-refractivity contribution in [2.75, 3.05) is 0 Å². The van der Waals surface area contributed by atoms with E-state index in [9.17, 15) is 0 Å². The summed E-state index contributed by atoms with van der Waals surface area (Å²) in [5.41, 5.74) is 1.94. The van der Waals surface area contributed by atoms with Crippen molar-refractivity contribution in [3.63, 3.8) is 0 Å². The average molecular weight is 334 g/mol. The Morgan fingerprint density at radius 1 is 0.583 bits per heavy atom. The molecule has 0 saturated heterocycles. The summed E-state index contributed by atoms with van der Waals surface area (Å²) >= 11 is 0. The predicted octanol–water partition coefficient (Wildman–Crippen LogP) is 2.78. The van der Waals surface area contributed by atoms with E-state index in [2.05, 4.69) is 0 Å². The third kappa shape index (κ3) is 7.84. The summed E-state index contributed by atoms with van der Waals surface area (Å²) in [7, 11) is -0.799. The fraction of sp³-hybridized carbons (Fsp3) is 0.667. The molecule has 1 aromatic rings. The summed E-state index contributed by atoms with van der Waals surface area (Å²) in [6, 6.07) is 8.07. The van der Waals surface area contributed by atoms with E-state index in [1.807, 2.05) is 79.7 Å². The van der Waals surface area contributed by atoms with Crippen molar-refractivity contribution in [1.82, 2.24) is 0 Å². The molecule has 1 rings (SSSR count). The van der Waals surface area contributed by atoms with Crippen LogP contribution in [-0.4, -0.2) is 38.7 Å². The standard InChI is InChI=1S/C18H32B2O4/c1-13(2)21-19(22-14(3)4)17-10-9-11-18(12-17)20(23-15(5)6)24-16(7)8/h9-16H,1-8H3. The largest absolute Gasteiger partial charge is 0.494 e. The van der Waals surface area contributed by atoms with Crippen molar-refractivity contribution in [2.45, 2.75) is 79.8 Å². The average Bonchev–Trinajstić information content (AvgIpc) is 2.44. The smallest absolute Gasteiger partial charge is 0.405 e. The monoisotopic (exact) mass is 334 g/mol. The maximum atomic E-state index is 5.94. The Balaban J connectivity index is 3.06. The van der Waals surface area contributed by atoms with Crippen LogP contribution in [0.3, 0.4) is 0 Å². The van der Waals surface area contributed by atoms with E-state index < -0.39 is 14.2 Å². The second kappa shape index (κ2) is 10.2. The molecule has 0 aromatic heterocycles. The first-order chi connectivity index (χ1) is 11.2. The van der Waals surface area contributed by atoms with Crippen molar-refractivity contribution < 1.29 is 18.6 Å². The van der Waals surface area contributed by atoms with Crippen LogP contribution in [-0.2, 0) is 18.6 Å². The normalized spacial score (nSPS) is 11.8. The summed E-state index contributed by atoms with van der Waals surface area (Å²) in [6.45, 7) is 16.1. The van der Waals surface area contributed by atoms with E-state index >= 15 is 0 Å². The predicted molar refractivity (Wildman–Crippen MR) is 102 cm³/mol. The molecule has 0 bridgehead atoms. The topological polar surface area (TPSA) is 36.9 Å². The van der Waals surface area contributed by atoms with Crippen molar-refractivity contribution in [2.24, 2.45) is 0 Å². The van der Waals surface area contributed by atoms with Gasteiger partial charge in [-0.2, -0.15) is 0 Å². The van der Waals surface area contributed by atoms with Crippen molar-refractivity contribution in [3.05, 3.63) is 24.3 Å². The van der Waals surface area contributed by atoms with Gasteiger partial charge in [-0.3, -0.25) is 0 Å².